The van der Waals surface area contributed by atoms with E-state index in [9.17, 15) is 4.79 Å². The van der Waals surface area contributed by atoms with Crippen molar-refractivity contribution >= 4 is 32.6 Å². The van der Waals surface area contributed by atoms with Crippen LogP contribution in [-0.4, -0.2) is 25.1 Å². The quantitative estimate of drug-likeness (QED) is 0.446. The molecule has 0 N–H and O–H groups in total. The van der Waals surface area contributed by atoms with E-state index in [4.69, 9.17) is 18.9 Å². The Balaban J connectivity index is 1.82. The number of aryl methyl sites for hydroxylation is 1. The molecule has 0 radical (unpaired) electrons. The summed E-state index contributed by atoms with van der Waals surface area (Å²) in [5.74, 6) is 1.31. The first-order valence-corrected chi connectivity index (χ1v) is 9.85. The van der Waals surface area contributed by atoms with Crippen LogP contribution >= 0.6 is 11.3 Å². The fraction of sp³-hybridized carbons (Fsp3) is 0.182. The minimum Gasteiger partial charge on any atom is -0.493 e. The van der Waals surface area contributed by atoms with Crippen molar-refractivity contribution in [1.82, 2.24) is 4.98 Å². The fourth-order valence-electron chi connectivity index (χ4n) is 3.18. The van der Waals surface area contributed by atoms with E-state index in [0.29, 0.717) is 28.0 Å². The number of fused-ring (bicyclic) bond motifs is 1. The van der Waals surface area contributed by atoms with Gasteiger partial charge in [0.1, 0.15) is 5.76 Å². The third-order valence-corrected chi connectivity index (χ3v) is 5.66. The van der Waals surface area contributed by atoms with Crippen molar-refractivity contribution in [2.24, 2.45) is 0 Å². The summed E-state index contributed by atoms with van der Waals surface area (Å²) in [4.78, 5) is 20.0. The zero-order valence-corrected chi connectivity index (χ0v) is 17.2. The van der Waals surface area contributed by atoms with Gasteiger partial charge in [-0.2, -0.15) is 0 Å². The summed E-state index contributed by atoms with van der Waals surface area (Å²) >= 11 is 1.47. The number of hydrogen-bond donors (Lipinski definition) is 0. The van der Waals surface area contributed by atoms with Gasteiger partial charge in [0.25, 0.3) is 5.91 Å². The highest BCUT2D eigenvalue weighted by Gasteiger charge is 2.26. The zero-order chi connectivity index (χ0) is 20.4. The van der Waals surface area contributed by atoms with Gasteiger partial charge in [-0.3, -0.25) is 9.69 Å². The first kappa shape index (κ1) is 19.0. The fourth-order valence-corrected chi connectivity index (χ4v) is 4.22. The van der Waals surface area contributed by atoms with Crippen LogP contribution in [0.5, 0.6) is 11.5 Å². The van der Waals surface area contributed by atoms with Crippen LogP contribution in [0.1, 0.15) is 21.7 Å². The maximum absolute atomic E-state index is 13.6. The summed E-state index contributed by atoms with van der Waals surface area (Å²) in [6.07, 6.45) is 1.59. The summed E-state index contributed by atoms with van der Waals surface area (Å²) in [6.45, 7) is 2.26. The number of thiazole rings is 1. The Morgan fingerprint density at radius 3 is 2.62 bits per heavy atom. The second-order valence-electron chi connectivity index (χ2n) is 6.43. The third kappa shape index (κ3) is 3.56. The van der Waals surface area contributed by atoms with Crippen LogP contribution in [0.2, 0.25) is 0 Å². The van der Waals surface area contributed by atoms with E-state index < -0.39 is 0 Å². The lowest BCUT2D eigenvalue weighted by molar-refractivity contribution is 0.0979. The molecule has 2 aromatic heterocycles. The molecule has 0 spiro atoms. The van der Waals surface area contributed by atoms with E-state index in [-0.39, 0.29) is 12.5 Å². The topological polar surface area (TPSA) is 64.8 Å². The molecular weight excluding hydrogens is 388 g/mol. The first-order chi connectivity index (χ1) is 14.1. The molecule has 0 bridgehead atoms. The van der Waals surface area contributed by atoms with Gasteiger partial charge in [0.05, 0.1) is 42.8 Å². The monoisotopic (exact) mass is 408 g/mol. The molecule has 4 rings (SSSR count). The lowest BCUT2D eigenvalue weighted by Crippen LogP contribution is -2.30. The SMILES string of the molecule is COc1cccc(C(=O)N(Cc2ccco2)c2nc3c(C)cccc3s2)c1OC. The molecular formula is C22H20N2O4S. The number of amides is 1. The molecule has 2 aromatic carbocycles. The number of nitrogens with zero attached hydrogens (tertiary/aromatic N) is 2. The number of benzene rings is 2. The molecule has 0 saturated carbocycles. The van der Waals surface area contributed by atoms with Crippen LogP contribution < -0.4 is 14.4 Å². The predicted octanol–water partition coefficient (Wildman–Crippen LogP) is 5.06. The largest absolute Gasteiger partial charge is 0.493 e. The van der Waals surface area contributed by atoms with Gasteiger partial charge in [0.15, 0.2) is 16.6 Å². The van der Waals surface area contributed by atoms with Crippen molar-refractivity contribution in [3.05, 3.63) is 71.7 Å². The van der Waals surface area contributed by atoms with E-state index in [0.717, 1.165) is 15.8 Å². The highest BCUT2D eigenvalue weighted by atomic mass is 32.1. The molecule has 1 amide bonds. The van der Waals surface area contributed by atoms with E-state index in [1.54, 1.807) is 42.5 Å². The number of methoxy groups -OCH3 is 2. The first-order valence-electron chi connectivity index (χ1n) is 9.03. The highest BCUT2D eigenvalue weighted by molar-refractivity contribution is 7.22. The minimum absolute atomic E-state index is 0.242. The molecule has 4 aromatic rings. The van der Waals surface area contributed by atoms with Gasteiger partial charge in [-0.1, -0.05) is 29.5 Å². The maximum Gasteiger partial charge on any atom is 0.264 e. The van der Waals surface area contributed by atoms with Crippen LogP contribution in [0.3, 0.4) is 0 Å². The van der Waals surface area contributed by atoms with Crippen molar-refractivity contribution in [2.45, 2.75) is 13.5 Å². The Kier molecular flexibility index (Phi) is 5.22. The molecule has 29 heavy (non-hydrogen) atoms. The standard InChI is InChI=1S/C22H20N2O4S/c1-14-7-4-11-18-19(14)23-22(29-18)24(13-15-8-6-12-28-15)21(25)16-9-5-10-17(26-2)20(16)27-3/h4-12H,13H2,1-3H3. The summed E-state index contributed by atoms with van der Waals surface area (Å²) in [6, 6.07) is 14.9. The number of rotatable bonds is 6. The lowest BCUT2D eigenvalue weighted by atomic mass is 10.1. The van der Waals surface area contributed by atoms with Crippen LogP contribution in [0.15, 0.2) is 59.2 Å². The number of aromatic nitrogens is 1. The molecule has 0 aliphatic rings. The Labute approximate surface area is 172 Å². The molecule has 0 aliphatic carbocycles. The average Bonchev–Trinajstić information content (AvgIpc) is 3.41. The number of hydrogen-bond acceptors (Lipinski definition) is 6. The molecule has 0 unspecified atom stereocenters. The second-order valence-corrected chi connectivity index (χ2v) is 7.44. The Morgan fingerprint density at radius 2 is 1.93 bits per heavy atom. The van der Waals surface area contributed by atoms with Gasteiger partial charge in [-0.25, -0.2) is 4.98 Å². The van der Waals surface area contributed by atoms with Crippen molar-refractivity contribution in [2.75, 3.05) is 19.1 Å². The van der Waals surface area contributed by atoms with E-state index >= 15 is 0 Å². The summed E-state index contributed by atoms with van der Waals surface area (Å²) in [7, 11) is 3.07. The van der Waals surface area contributed by atoms with Crippen LogP contribution in [0.25, 0.3) is 10.2 Å². The van der Waals surface area contributed by atoms with Gasteiger partial charge < -0.3 is 13.9 Å². The Morgan fingerprint density at radius 1 is 1.10 bits per heavy atom. The summed E-state index contributed by atoms with van der Waals surface area (Å²) in [5.41, 5.74) is 2.35. The van der Waals surface area contributed by atoms with Gasteiger partial charge in [0, 0.05) is 0 Å². The van der Waals surface area contributed by atoms with Crippen LogP contribution in [0, 0.1) is 6.92 Å². The number of furan rings is 1. The summed E-state index contributed by atoms with van der Waals surface area (Å²) < 4.78 is 17.4. The molecule has 6 nitrogen and oxygen atoms in total. The Bertz CT molecular complexity index is 1150. The number of anilines is 1. The van der Waals surface area contributed by atoms with Crippen molar-refractivity contribution < 1.29 is 18.7 Å². The van der Waals surface area contributed by atoms with Crippen LogP contribution in [0.4, 0.5) is 5.13 Å². The van der Waals surface area contributed by atoms with Crippen molar-refractivity contribution in [3.8, 4) is 11.5 Å². The number of carbonyl (C=O) groups excluding carboxylic acids is 1. The third-order valence-electron chi connectivity index (χ3n) is 4.61. The van der Waals surface area contributed by atoms with Gasteiger partial charge in [-0.15, -0.1) is 0 Å². The summed E-state index contributed by atoms with van der Waals surface area (Å²) in [5, 5.41) is 0.598. The zero-order valence-electron chi connectivity index (χ0n) is 16.3. The molecule has 0 atom stereocenters. The van der Waals surface area contributed by atoms with Gasteiger partial charge in [0.2, 0.25) is 0 Å². The molecule has 148 valence electrons. The second kappa shape index (κ2) is 7.97. The molecule has 0 saturated heterocycles. The Hall–Kier alpha value is -3.32. The van der Waals surface area contributed by atoms with Gasteiger partial charge >= 0.3 is 0 Å². The predicted molar refractivity (Wildman–Crippen MR) is 113 cm³/mol. The average molecular weight is 408 g/mol. The van der Waals surface area contributed by atoms with Crippen molar-refractivity contribution in [3.63, 3.8) is 0 Å². The van der Waals surface area contributed by atoms with Crippen molar-refractivity contribution in [1.29, 1.82) is 0 Å². The van der Waals surface area contributed by atoms with E-state index in [1.807, 2.05) is 31.2 Å². The highest BCUT2D eigenvalue weighted by Crippen LogP contribution is 2.36. The molecule has 0 aliphatic heterocycles. The number of para-hydroxylation sites is 2. The van der Waals surface area contributed by atoms with E-state index in [2.05, 4.69) is 0 Å². The lowest BCUT2D eigenvalue weighted by Gasteiger charge is -2.20. The number of carbonyl (C=O) groups is 1. The molecule has 0 fully saturated rings. The molecule has 7 heteroatoms. The molecule has 2 heterocycles. The maximum atomic E-state index is 13.6. The van der Waals surface area contributed by atoms with Gasteiger partial charge in [-0.05, 0) is 42.8 Å². The van der Waals surface area contributed by atoms with E-state index in [1.165, 1.54) is 18.4 Å². The normalized spacial score (nSPS) is 10.9. The smallest absolute Gasteiger partial charge is 0.264 e. The van der Waals surface area contributed by atoms with Crippen LogP contribution in [-0.2, 0) is 6.54 Å². The minimum atomic E-state index is -0.242. The number of ether oxygens (including phenoxy) is 2.